The van der Waals surface area contributed by atoms with Crippen LogP contribution in [0.5, 0.6) is 11.6 Å². The molecule has 0 aliphatic heterocycles. The summed E-state index contributed by atoms with van der Waals surface area (Å²) in [6.07, 6.45) is 3.48. The molecule has 134 valence electrons. The first kappa shape index (κ1) is 20.9. The van der Waals surface area contributed by atoms with Crippen LogP contribution < -0.4 is 15.4 Å². The van der Waals surface area contributed by atoms with E-state index in [-0.39, 0.29) is 29.8 Å². The molecule has 0 saturated carbocycles. The van der Waals surface area contributed by atoms with Crippen LogP contribution >= 0.6 is 24.0 Å². The van der Waals surface area contributed by atoms with E-state index in [2.05, 4.69) is 27.2 Å². The Morgan fingerprint density at radius 2 is 2.00 bits per heavy atom. The summed E-state index contributed by atoms with van der Waals surface area (Å²) < 4.78 is 18.4. The van der Waals surface area contributed by atoms with E-state index >= 15 is 0 Å². The van der Waals surface area contributed by atoms with Gasteiger partial charge in [-0.25, -0.2) is 14.4 Å². The first-order chi connectivity index (χ1) is 11.7. The average molecular weight is 456 g/mol. The van der Waals surface area contributed by atoms with Crippen molar-refractivity contribution in [2.45, 2.75) is 13.5 Å². The Bertz CT molecular complexity index is 674. The Morgan fingerprint density at radius 1 is 1.24 bits per heavy atom. The Morgan fingerprint density at radius 3 is 2.60 bits per heavy atom. The molecule has 0 radical (unpaired) electrons. The third-order valence-electron chi connectivity index (χ3n) is 3.01. The topological polar surface area (TPSA) is 58.5 Å². The van der Waals surface area contributed by atoms with Crippen LogP contribution in [0.4, 0.5) is 4.39 Å². The minimum absolute atomic E-state index is 0. The zero-order valence-corrected chi connectivity index (χ0v) is 16.4. The maximum atomic E-state index is 12.9. The summed E-state index contributed by atoms with van der Waals surface area (Å²) in [5, 5.41) is 6.29. The third-order valence-corrected chi connectivity index (χ3v) is 3.01. The van der Waals surface area contributed by atoms with Crippen LogP contribution in [0.3, 0.4) is 0 Å². The van der Waals surface area contributed by atoms with Gasteiger partial charge in [-0.3, -0.25) is 0 Å². The zero-order chi connectivity index (χ0) is 17.2. The van der Waals surface area contributed by atoms with E-state index in [1.165, 1.54) is 12.1 Å². The van der Waals surface area contributed by atoms with Crippen molar-refractivity contribution in [3.05, 3.63) is 66.6 Å². The van der Waals surface area contributed by atoms with Crippen molar-refractivity contribution in [1.82, 2.24) is 15.6 Å². The number of benzene rings is 1. The minimum Gasteiger partial charge on any atom is -0.439 e. The number of aromatic nitrogens is 1. The van der Waals surface area contributed by atoms with Crippen LogP contribution in [0.25, 0.3) is 0 Å². The largest absolute Gasteiger partial charge is 0.439 e. The van der Waals surface area contributed by atoms with Gasteiger partial charge in [0.1, 0.15) is 11.6 Å². The number of ether oxygens (including phenoxy) is 1. The molecule has 0 fully saturated rings. The van der Waals surface area contributed by atoms with E-state index in [1.807, 2.05) is 13.0 Å². The maximum absolute atomic E-state index is 12.9. The van der Waals surface area contributed by atoms with Gasteiger partial charge < -0.3 is 15.4 Å². The molecule has 0 atom stereocenters. The number of rotatable bonds is 7. The number of hydrogen-bond acceptors (Lipinski definition) is 3. The van der Waals surface area contributed by atoms with Crippen molar-refractivity contribution in [1.29, 1.82) is 0 Å². The van der Waals surface area contributed by atoms with Gasteiger partial charge in [0.2, 0.25) is 5.88 Å². The number of nitrogens with zero attached hydrogens (tertiary/aromatic N) is 2. The van der Waals surface area contributed by atoms with E-state index in [1.54, 1.807) is 30.5 Å². The summed E-state index contributed by atoms with van der Waals surface area (Å²) in [5.41, 5.74) is 0.956. The molecule has 7 heteroatoms. The predicted molar refractivity (Wildman–Crippen MR) is 109 cm³/mol. The standard InChI is InChI=1S/C18H21FN4O.HI/c1-3-11-21-18(20-4-2)23-13-14-5-10-17(22-12-14)24-16-8-6-15(19)7-9-16;/h3,5-10,12H,1,4,11,13H2,2H3,(H2,20,21,23);1H. The maximum Gasteiger partial charge on any atom is 0.219 e. The van der Waals surface area contributed by atoms with Gasteiger partial charge in [0, 0.05) is 25.4 Å². The Kier molecular flexibility index (Phi) is 9.53. The highest BCUT2D eigenvalue weighted by atomic mass is 127. The molecule has 5 nitrogen and oxygen atoms in total. The first-order valence-corrected chi connectivity index (χ1v) is 7.72. The van der Waals surface area contributed by atoms with Gasteiger partial charge in [-0.15, -0.1) is 30.6 Å². The summed E-state index contributed by atoms with van der Waals surface area (Å²) in [4.78, 5) is 8.71. The molecule has 25 heavy (non-hydrogen) atoms. The molecule has 0 spiro atoms. The van der Waals surface area contributed by atoms with Crippen LogP contribution in [-0.2, 0) is 6.54 Å². The lowest BCUT2D eigenvalue weighted by molar-refractivity contribution is 0.461. The van der Waals surface area contributed by atoms with Crippen LogP contribution in [0, 0.1) is 5.82 Å². The second-order valence-electron chi connectivity index (χ2n) is 4.93. The fraction of sp³-hybridized carbons (Fsp3) is 0.222. The highest BCUT2D eigenvalue weighted by molar-refractivity contribution is 14.0. The van der Waals surface area contributed by atoms with Crippen LogP contribution in [0.2, 0.25) is 0 Å². The van der Waals surface area contributed by atoms with Gasteiger partial charge in [0.05, 0.1) is 6.54 Å². The summed E-state index contributed by atoms with van der Waals surface area (Å²) >= 11 is 0. The van der Waals surface area contributed by atoms with Crippen molar-refractivity contribution in [2.24, 2.45) is 4.99 Å². The van der Waals surface area contributed by atoms with Gasteiger partial charge in [0.15, 0.2) is 5.96 Å². The fourth-order valence-corrected chi connectivity index (χ4v) is 1.87. The molecule has 0 bridgehead atoms. The van der Waals surface area contributed by atoms with Crippen molar-refractivity contribution < 1.29 is 9.13 Å². The molecule has 0 amide bonds. The highest BCUT2D eigenvalue weighted by Gasteiger charge is 2.01. The fourth-order valence-electron chi connectivity index (χ4n) is 1.87. The minimum atomic E-state index is -0.301. The molecule has 0 aliphatic carbocycles. The third kappa shape index (κ3) is 7.51. The molecule has 1 heterocycles. The van der Waals surface area contributed by atoms with E-state index in [4.69, 9.17) is 4.74 Å². The lowest BCUT2D eigenvalue weighted by Crippen LogP contribution is -2.37. The summed E-state index contributed by atoms with van der Waals surface area (Å²) in [7, 11) is 0. The van der Waals surface area contributed by atoms with Crippen LogP contribution in [-0.4, -0.2) is 24.0 Å². The SMILES string of the molecule is C=CCNC(=NCc1ccc(Oc2ccc(F)cc2)nc1)NCC.I. The molecule has 0 saturated heterocycles. The number of nitrogens with one attached hydrogen (secondary N) is 2. The summed E-state index contributed by atoms with van der Waals surface area (Å²) in [6.45, 7) is 7.61. The highest BCUT2D eigenvalue weighted by Crippen LogP contribution is 2.19. The monoisotopic (exact) mass is 456 g/mol. The molecule has 0 unspecified atom stereocenters. The number of guanidine groups is 1. The Hall–Kier alpha value is -2.16. The van der Waals surface area contributed by atoms with E-state index < -0.39 is 0 Å². The zero-order valence-electron chi connectivity index (χ0n) is 14.0. The summed E-state index contributed by atoms with van der Waals surface area (Å²) in [5.74, 6) is 1.41. The smallest absolute Gasteiger partial charge is 0.219 e. The van der Waals surface area contributed by atoms with E-state index in [0.29, 0.717) is 24.7 Å². The quantitative estimate of drug-likeness (QED) is 0.288. The Labute approximate surface area is 164 Å². The molecule has 0 aliphatic rings. The molecule has 2 rings (SSSR count). The van der Waals surface area contributed by atoms with Crippen molar-refractivity contribution in [3.8, 4) is 11.6 Å². The van der Waals surface area contributed by atoms with Gasteiger partial charge in [0.25, 0.3) is 0 Å². The van der Waals surface area contributed by atoms with Gasteiger partial charge in [-0.05, 0) is 36.8 Å². The van der Waals surface area contributed by atoms with Gasteiger partial charge >= 0.3 is 0 Å². The van der Waals surface area contributed by atoms with Crippen molar-refractivity contribution >= 4 is 29.9 Å². The van der Waals surface area contributed by atoms with Gasteiger partial charge in [-0.2, -0.15) is 0 Å². The Balaban J connectivity index is 0.00000312. The molecule has 1 aromatic heterocycles. The molecule has 1 aromatic carbocycles. The number of pyridine rings is 1. The molecule has 2 N–H and O–H groups in total. The predicted octanol–water partition coefficient (Wildman–Crippen LogP) is 3.87. The second kappa shape index (κ2) is 11.4. The van der Waals surface area contributed by atoms with Gasteiger partial charge in [-0.1, -0.05) is 12.1 Å². The molecular formula is C18H22FIN4O. The van der Waals surface area contributed by atoms with Crippen molar-refractivity contribution in [2.75, 3.05) is 13.1 Å². The molecule has 2 aromatic rings. The first-order valence-electron chi connectivity index (χ1n) is 7.72. The molecular weight excluding hydrogens is 434 g/mol. The number of hydrogen-bond donors (Lipinski definition) is 2. The number of aliphatic imine (C=N–C) groups is 1. The van der Waals surface area contributed by atoms with E-state index in [9.17, 15) is 4.39 Å². The number of halogens is 2. The van der Waals surface area contributed by atoms with Crippen LogP contribution in [0.1, 0.15) is 12.5 Å². The van der Waals surface area contributed by atoms with Crippen LogP contribution in [0.15, 0.2) is 60.2 Å². The van der Waals surface area contributed by atoms with Crippen molar-refractivity contribution in [3.63, 3.8) is 0 Å². The second-order valence-corrected chi connectivity index (χ2v) is 4.93. The normalized spacial score (nSPS) is 10.6. The summed E-state index contributed by atoms with van der Waals surface area (Å²) in [6, 6.07) is 9.46. The average Bonchev–Trinajstić information content (AvgIpc) is 2.60. The lowest BCUT2D eigenvalue weighted by Gasteiger charge is -2.09. The van der Waals surface area contributed by atoms with E-state index in [0.717, 1.165) is 18.1 Å². The lowest BCUT2D eigenvalue weighted by atomic mass is 10.3.